The molecule has 0 unspecified atom stereocenters. The summed E-state index contributed by atoms with van der Waals surface area (Å²) in [7, 11) is 0. The Bertz CT molecular complexity index is 668. The van der Waals surface area contributed by atoms with E-state index in [1.165, 1.54) is 10.6 Å². The van der Waals surface area contributed by atoms with Gasteiger partial charge in [0.25, 0.3) is 0 Å². The van der Waals surface area contributed by atoms with Crippen molar-refractivity contribution < 1.29 is 24.6 Å². The van der Waals surface area contributed by atoms with Gasteiger partial charge in [0, 0.05) is 31.8 Å². The highest BCUT2D eigenvalue weighted by molar-refractivity contribution is 5.74. The van der Waals surface area contributed by atoms with E-state index in [-0.39, 0.29) is 19.4 Å². The van der Waals surface area contributed by atoms with Crippen LogP contribution in [0.2, 0.25) is 0 Å². The van der Waals surface area contributed by atoms with Crippen LogP contribution in [0.4, 0.5) is 5.82 Å². The molecule has 0 saturated carbocycles. The van der Waals surface area contributed by atoms with Gasteiger partial charge < -0.3 is 20.4 Å². The molecule has 29 heavy (non-hydrogen) atoms. The third-order valence-corrected chi connectivity index (χ3v) is 5.00. The Kier molecular flexibility index (Phi) is 9.87. The number of hydrogen-bond donors (Lipinski definition) is 3. The zero-order valence-electron chi connectivity index (χ0n) is 17.2. The largest absolute Gasteiger partial charge is 0.480 e. The molecular formula is C21H33N3O5. The van der Waals surface area contributed by atoms with E-state index >= 15 is 0 Å². The predicted molar refractivity (Wildman–Crippen MR) is 109 cm³/mol. The molecule has 0 aromatic carbocycles. The monoisotopic (exact) mass is 407 g/mol. The van der Waals surface area contributed by atoms with Crippen LogP contribution in [0.3, 0.4) is 0 Å². The Morgan fingerprint density at radius 1 is 1.31 bits per heavy atom. The summed E-state index contributed by atoms with van der Waals surface area (Å²) in [4.78, 5) is 33.6. The number of aliphatic carboxylic acids is 1. The lowest BCUT2D eigenvalue weighted by Crippen LogP contribution is -2.43. The van der Waals surface area contributed by atoms with Crippen molar-refractivity contribution >= 4 is 17.8 Å². The highest BCUT2D eigenvalue weighted by Gasteiger charge is 2.28. The van der Waals surface area contributed by atoms with E-state index < -0.39 is 18.0 Å². The lowest BCUT2D eigenvalue weighted by atomic mass is 10.1. The molecule has 162 valence electrons. The number of unbranched alkanes of at least 4 members (excludes halogenated alkanes) is 2. The van der Waals surface area contributed by atoms with E-state index in [1.54, 1.807) is 0 Å². The first-order valence-electron chi connectivity index (χ1n) is 10.6. The Labute approximate surface area is 172 Å². The fourth-order valence-electron chi connectivity index (χ4n) is 3.36. The number of pyridine rings is 1. The van der Waals surface area contributed by atoms with Gasteiger partial charge in [-0.15, -0.1) is 5.06 Å². The summed E-state index contributed by atoms with van der Waals surface area (Å²) in [5.74, 6) is -0.572. The van der Waals surface area contributed by atoms with Gasteiger partial charge in [0.05, 0.1) is 0 Å². The van der Waals surface area contributed by atoms with Crippen LogP contribution >= 0.6 is 0 Å². The van der Waals surface area contributed by atoms with E-state index in [9.17, 15) is 19.8 Å². The minimum Gasteiger partial charge on any atom is -0.480 e. The quantitative estimate of drug-likeness (QED) is 0.338. The summed E-state index contributed by atoms with van der Waals surface area (Å²) in [5, 5.41) is 23.2. The van der Waals surface area contributed by atoms with E-state index in [1.807, 2.05) is 13.0 Å². The smallest absolute Gasteiger partial charge is 0.325 e. The number of carbonyl (C=O) groups is 2. The summed E-state index contributed by atoms with van der Waals surface area (Å²) in [6, 6.07) is 3.12. The SMILES string of the molecule is CCCCC(=O)ON(CCCCc1ccc2c(n1)NCCC2)[C@@H](CCO)C(=O)O. The van der Waals surface area contributed by atoms with Crippen molar-refractivity contribution in [2.24, 2.45) is 0 Å². The molecule has 8 nitrogen and oxygen atoms in total. The van der Waals surface area contributed by atoms with Crippen LogP contribution in [0, 0.1) is 0 Å². The molecule has 1 aliphatic rings. The molecule has 1 aromatic rings. The van der Waals surface area contributed by atoms with Gasteiger partial charge in [0.2, 0.25) is 0 Å². The molecule has 3 N–H and O–H groups in total. The molecule has 0 bridgehead atoms. The van der Waals surface area contributed by atoms with Gasteiger partial charge in [-0.05, 0) is 56.6 Å². The van der Waals surface area contributed by atoms with Gasteiger partial charge >= 0.3 is 11.9 Å². The number of carboxylic acids is 1. The fraction of sp³-hybridized carbons (Fsp3) is 0.667. The molecule has 2 heterocycles. The van der Waals surface area contributed by atoms with Crippen molar-refractivity contribution in [3.05, 3.63) is 23.4 Å². The second kappa shape index (κ2) is 12.4. The van der Waals surface area contributed by atoms with Gasteiger partial charge in [-0.2, -0.15) is 0 Å². The van der Waals surface area contributed by atoms with Gasteiger partial charge in [-0.3, -0.25) is 9.59 Å². The molecule has 8 heteroatoms. The second-order valence-electron chi connectivity index (χ2n) is 7.37. The average Bonchev–Trinajstić information content (AvgIpc) is 2.72. The summed E-state index contributed by atoms with van der Waals surface area (Å²) < 4.78 is 0. The maximum Gasteiger partial charge on any atom is 0.325 e. The molecule has 0 aliphatic carbocycles. The highest BCUT2D eigenvalue weighted by atomic mass is 16.7. The number of rotatable bonds is 13. The number of aryl methyl sites for hydroxylation is 2. The third-order valence-electron chi connectivity index (χ3n) is 5.00. The molecule has 0 spiro atoms. The van der Waals surface area contributed by atoms with E-state index in [0.29, 0.717) is 19.4 Å². The maximum atomic E-state index is 12.0. The van der Waals surface area contributed by atoms with E-state index in [2.05, 4.69) is 16.4 Å². The van der Waals surface area contributed by atoms with Crippen LogP contribution in [0.25, 0.3) is 0 Å². The minimum absolute atomic E-state index is 0.00837. The van der Waals surface area contributed by atoms with Crippen LogP contribution in [-0.2, 0) is 27.3 Å². The number of carboxylic acid groups (broad SMARTS) is 1. The summed E-state index contributed by atoms with van der Waals surface area (Å²) in [5.41, 5.74) is 2.24. The number of aliphatic hydroxyl groups excluding tert-OH is 1. The van der Waals surface area contributed by atoms with Gasteiger partial charge in [-0.25, -0.2) is 4.98 Å². The summed E-state index contributed by atoms with van der Waals surface area (Å²) >= 11 is 0. The molecule has 0 saturated heterocycles. The number of aliphatic hydroxyl groups is 1. The second-order valence-corrected chi connectivity index (χ2v) is 7.37. The number of nitrogens with one attached hydrogen (secondary N) is 1. The summed E-state index contributed by atoms with van der Waals surface area (Å²) in [6.07, 6.45) is 6.21. The standard InChI is InChI=1S/C21H33N3O5/c1-2-3-9-19(26)29-24(18(12-15-25)21(27)28)14-5-4-8-17-11-10-16-7-6-13-22-20(16)23-17/h10-11,18,25H,2-9,12-15H2,1H3,(H,22,23)(H,27,28)/t18-/m0/s1. The van der Waals surface area contributed by atoms with Gasteiger partial charge in [-0.1, -0.05) is 19.4 Å². The number of aromatic nitrogens is 1. The number of nitrogens with zero attached hydrogens (tertiary/aromatic N) is 2. The number of hydrogen-bond acceptors (Lipinski definition) is 7. The van der Waals surface area contributed by atoms with Crippen LogP contribution in [-0.4, -0.2) is 57.9 Å². The topological polar surface area (TPSA) is 112 Å². The average molecular weight is 408 g/mol. The molecule has 0 radical (unpaired) electrons. The van der Waals surface area contributed by atoms with E-state index in [0.717, 1.165) is 50.2 Å². The van der Waals surface area contributed by atoms with Crippen LogP contribution in [0.15, 0.2) is 12.1 Å². The van der Waals surface area contributed by atoms with Crippen LogP contribution in [0.5, 0.6) is 0 Å². The minimum atomic E-state index is -1.11. The first-order chi connectivity index (χ1) is 14.0. The Morgan fingerprint density at radius 3 is 2.86 bits per heavy atom. The number of fused-ring (bicyclic) bond motifs is 1. The van der Waals surface area contributed by atoms with Crippen molar-refractivity contribution in [2.45, 2.75) is 70.8 Å². The van der Waals surface area contributed by atoms with Crippen molar-refractivity contribution in [3.8, 4) is 0 Å². The number of anilines is 1. The lowest BCUT2D eigenvalue weighted by molar-refractivity contribution is -0.208. The maximum absolute atomic E-state index is 12.0. The Morgan fingerprint density at radius 2 is 2.14 bits per heavy atom. The zero-order chi connectivity index (χ0) is 21.1. The van der Waals surface area contributed by atoms with Crippen molar-refractivity contribution in [1.29, 1.82) is 0 Å². The molecule has 0 fully saturated rings. The van der Waals surface area contributed by atoms with Crippen molar-refractivity contribution in [2.75, 3.05) is 25.0 Å². The molecule has 0 amide bonds. The number of carbonyl (C=O) groups excluding carboxylic acids is 1. The highest BCUT2D eigenvalue weighted by Crippen LogP contribution is 2.20. The van der Waals surface area contributed by atoms with Crippen LogP contribution < -0.4 is 5.32 Å². The molecule has 1 atom stereocenters. The molecular weight excluding hydrogens is 374 g/mol. The van der Waals surface area contributed by atoms with Gasteiger partial charge in [0.1, 0.15) is 11.9 Å². The molecule has 1 aromatic heterocycles. The first-order valence-corrected chi connectivity index (χ1v) is 10.6. The third kappa shape index (κ3) is 7.62. The van der Waals surface area contributed by atoms with Crippen LogP contribution in [0.1, 0.15) is 63.1 Å². The number of hydroxylamine groups is 2. The Balaban J connectivity index is 1.88. The zero-order valence-corrected chi connectivity index (χ0v) is 17.2. The Hall–Kier alpha value is -2.19. The van der Waals surface area contributed by atoms with Crippen molar-refractivity contribution in [1.82, 2.24) is 10.0 Å². The van der Waals surface area contributed by atoms with Gasteiger partial charge in [0.15, 0.2) is 0 Å². The van der Waals surface area contributed by atoms with Crippen molar-refractivity contribution in [3.63, 3.8) is 0 Å². The molecule has 1 aliphatic heterocycles. The first kappa shape index (κ1) is 23.1. The molecule has 2 rings (SSSR count). The predicted octanol–water partition coefficient (Wildman–Crippen LogP) is 2.55. The lowest BCUT2D eigenvalue weighted by Gasteiger charge is -2.27. The van der Waals surface area contributed by atoms with E-state index in [4.69, 9.17) is 4.84 Å². The fourth-order valence-corrected chi connectivity index (χ4v) is 3.36. The summed E-state index contributed by atoms with van der Waals surface area (Å²) in [6.45, 7) is 2.94. The normalized spacial score (nSPS) is 14.2.